The maximum Gasteiger partial charge on any atom is 0.230 e. The molecule has 2 aliphatic carbocycles. The van der Waals surface area contributed by atoms with Crippen molar-refractivity contribution in [2.24, 2.45) is 0 Å². The first-order valence-corrected chi connectivity index (χ1v) is 5.07. The normalized spacial score (nSPS) is 20.9. The molecule has 0 spiro atoms. The number of nitrogen functional groups attached to an aromatic ring is 1. The Morgan fingerprint density at radius 3 is 2.29 bits per heavy atom. The Balaban J connectivity index is 1.89. The third kappa shape index (κ3) is 1.38. The van der Waals surface area contributed by atoms with Gasteiger partial charge in [0.2, 0.25) is 11.9 Å². The maximum absolute atomic E-state index is 5.55. The van der Waals surface area contributed by atoms with Crippen LogP contribution in [0.5, 0.6) is 0 Å². The number of anilines is 2. The Bertz CT molecular complexity index is 333. The molecule has 0 bridgehead atoms. The molecular formula is C9H13N5. The summed E-state index contributed by atoms with van der Waals surface area (Å²) in [6.45, 7) is 0. The van der Waals surface area contributed by atoms with E-state index in [4.69, 9.17) is 5.73 Å². The molecule has 1 aromatic rings. The van der Waals surface area contributed by atoms with Crippen LogP contribution >= 0.6 is 0 Å². The predicted molar refractivity (Wildman–Crippen MR) is 52.8 cm³/mol. The number of hydrogen-bond acceptors (Lipinski definition) is 5. The van der Waals surface area contributed by atoms with Gasteiger partial charge in [-0.1, -0.05) is 0 Å². The molecule has 5 heteroatoms. The van der Waals surface area contributed by atoms with Crippen molar-refractivity contribution in [1.82, 2.24) is 15.0 Å². The van der Waals surface area contributed by atoms with Crippen LogP contribution in [0.25, 0.3) is 0 Å². The Hall–Kier alpha value is -1.39. The van der Waals surface area contributed by atoms with Crippen molar-refractivity contribution in [2.75, 3.05) is 10.6 Å². The van der Waals surface area contributed by atoms with Crippen LogP contribution < -0.4 is 10.6 Å². The summed E-state index contributed by atoms with van der Waals surface area (Å²) in [6.07, 6.45) is 6.56. The molecule has 0 radical (unpaired) electrons. The lowest BCUT2D eigenvalue weighted by molar-refractivity contribution is 0.750. The zero-order valence-corrected chi connectivity index (χ0v) is 7.93. The standard InChI is InChI=1S/C9H13N5/c10-8-11-5-12-9(13-8)14(6-1-2-6)7-3-4-7/h5-7H,1-4H2,(H2,10,11,12,13). The molecule has 2 aliphatic rings. The van der Waals surface area contributed by atoms with Crippen LogP contribution in [-0.4, -0.2) is 27.0 Å². The second-order valence-corrected chi connectivity index (χ2v) is 4.01. The zero-order chi connectivity index (χ0) is 9.54. The molecule has 1 heterocycles. The minimum Gasteiger partial charge on any atom is -0.368 e. The SMILES string of the molecule is Nc1ncnc(N(C2CC2)C2CC2)n1. The molecule has 1 aromatic heterocycles. The van der Waals surface area contributed by atoms with E-state index in [-0.39, 0.29) is 0 Å². The number of hydrogen-bond donors (Lipinski definition) is 1. The molecule has 2 fully saturated rings. The largest absolute Gasteiger partial charge is 0.368 e. The smallest absolute Gasteiger partial charge is 0.230 e. The summed E-state index contributed by atoms with van der Waals surface area (Å²) in [4.78, 5) is 14.5. The predicted octanol–water partition coefficient (Wildman–Crippen LogP) is 0.585. The number of aromatic nitrogens is 3. The lowest BCUT2D eigenvalue weighted by Crippen LogP contribution is -2.30. The van der Waals surface area contributed by atoms with Crippen molar-refractivity contribution < 1.29 is 0 Å². The van der Waals surface area contributed by atoms with Gasteiger partial charge in [-0.15, -0.1) is 0 Å². The van der Waals surface area contributed by atoms with Gasteiger partial charge in [0, 0.05) is 12.1 Å². The van der Waals surface area contributed by atoms with E-state index in [9.17, 15) is 0 Å². The van der Waals surface area contributed by atoms with Gasteiger partial charge >= 0.3 is 0 Å². The Kier molecular flexibility index (Phi) is 1.59. The van der Waals surface area contributed by atoms with E-state index in [2.05, 4.69) is 19.9 Å². The van der Waals surface area contributed by atoms with Gasteiger partial charge in [-0.3, -0.25) is 0 Å². The molecule has 14 heavy (non-hydrogen) atoms. The second-order valence-electron chi connectivity index (χ2n) is 4.01. The Morgan fingerprint density at radius 1 is 1.14 bits per heavy atom. The topological polar surface area (TPSA) is 67.9 Å². The molecule has 0 saturated heterocycles. The first-order chi connectivity index (χ1) is 6.84. The van der Waals surface area contributed by atoms with Crippen LogP contribution in [0, 0.1) is 0 Å². The summed E-state index contributed by atoms with van der Waals surface area (Å²) in [6, 6.07) is 1.31. The van der Waals surface area contributed by atoms with Crippen molar-refractivity contribution in [3.63, 3.8) is 0 Å². The molecule has 3 rings (SSSR count). The molecule has 2 N–H and O–H groups in total. The highest BCUT2D eigenvalue weighted by Crippen LogP contribution is 2.39. The molecule has 5 nitrogen and oxygen atoms in total. The highest BCUT2D eigenvalue weighted by molar-refractivity contribution is 5.40. The molecule has 0 amide bonds. The summed E-state index contributed by atoms with van der Waals surface area (Å²) >= 11 is 0. The van der Waals surface area contributed by atoms with E-state index in [1.807, 2.05) is 0 Å². The fourth-order valence-electron chi connectivity index (χ4n) is 1.75. The van der Waals surface area contributed by atoms with Crippen molar-refractivity contribution in [3.05, 3.63) is 6.33 Å². The second kappa shape index (κ2) is 2.80. The van der Waals surface area contributed by atoms with E-state index in [0.717, 1.165) is 5.95 Å². The minimum atomic E-state index is 0.321. The van der Waals surface area contributed by atoms with Crippen LogP contribution in [-0.2, 0) is 0 Å². The lowest BCUT2D eigenvalue weighted by atomic mass is 10.5. The third-order valence-corrected chi connectivity index (χ3v) is 2.69. The van der Waals surface area contributed by atoms with Crippen molar-refractivity contribution >= 4 is 11.9 Å². The van der Waals surface area contributed by atoms with Crippen LogP contribution in [0.1, 0.15) is 25.7 Å². The first-order valence-electron chi connectivity index (χ1n) is 5.07. The van der Waals surface area contributed by atoms with Gasteiger partial charge in [0.1, 0.15) is 6.33 Å². The van der Waals surface area contributed by atoms with Crippen LogP contribution in [0.3, 0.4) is 0 Å². The number of rotatable bonds is 3. The fraction of sp³-hybridized carbons (Fsp3) is 0.667. The van der Waals surface area contributed by atoms with E-state index in [1.54, 1.807) is 0 Å². The maximum atomic E-state index is 5.55. The summed E-state index contributed by atoms with van der Waals surface area (Å²) in [5.41, 5.74) is 5.55. The van der Waals surface area contributed by atoms with Crippen LogP contribution in [0.15, 0.2) is 6.33 Å². The van der Waals surface area contributed by atoms with E-state index in [1.165, 1.54) is 32.0 Å². The lowest BCUT2D eigenvalue weighted by Gasteiger charge is -2.21. The Labute approximate surface area is 82.4 Å². The van der Waals surface area contributed by atoms with Crippen LogP contribution in [0.2, 0.25) is 0 Å². The highest BCUT2D eigenvalue weighted by atomic mass is 15.3. The fourth-order valence-corrected chi connectivity index (χ4v) is 1.75. The van der Waals surface area contributed by atoms with Gasteiger partial charge in [0.25, 0.3) is 0 Å². The van der Waals surface area contributed by atoms with Gasteiger partial charge in [0.15, 0.2) is 0 Å². The minimum absolute atomic E-state index is 0.321. The molecule has 0 aliphatic heterocycles. The number of nitrogens with two attached hydrogens (primary N) is 1. The van der Waals surface area contributed by atoms with E-state index >= 15 is 0 Å². The van der Waals surface area contributed by atoms with Crippen molar-refractivity contribution in [2.45, 2.75) is 37.8 Å². The average Bonchev–Trinajstić information content (AvgIpc) is 2.98. The highest BCUT2D eigenvalue weighted by Gasteiger charge is 2.40. The summed E-state index contributed by atoms with van der Waals surface area (Å²) < 4.78 is 0. The van der Waals surface area contributed by atoms with Gasteiger partial charge in [-0.2, -0.15) is 4.98 Å². The zero-order valence-electron chi connectivity index (χ0n) is 7.93. The Morgan fingerprint density at radius 2 is 1.79 bits per heavy atom. The summed E-state index contributed by atoms with van der Waals surface area (Å²) in [5.74, 6) is 1.09. The quantitative estimate of drug-likeness (QED) is 0.757. The molecule has 0 unspecified atom stereocenters. The molecular weight excluding hydrogens is 178 g/mol. The first kappa shape index (κ1) is 7.96. The van der Waals surface area contributed by atoms with Gasteiger partial charge in [-0.25, -0.2) is 9.97 Å². The summed E-state index contributed by atoms with van der Waals surface area (Å²) in [5, 5.41) is 0. The number of nitrogens with zero attached hydrogens (tertiary/aromatic N) is 4. The molecule has 0 atom stereocenters. The van der Waals surface area contributed by atoms with Gasteiger partial charge in [0.05, 0.1) is 0 Å². The van der Waals surface area contributed by atoms with Gasteiger partial charge < -0.3 is 10.6 Å². The van der Waals surface area contributed by atoms with Crippen molar-refractivity contribution in [1.29, 1.82) is 0 Å². The van der Waals surface area contributed by atoms with Gasteiger partial charge in [-0.05, 0) is 25.7 Å². The van der Waals surface area contributed by atoms with E-state index < -0.39 is 0 Å². The molecule has 0 aromatic carbocycles. The summed E-state index contributed by atoms with van der Waals surface area (Å²) in [7, 11) is 0. The average molecular weight is 191 g/mol. The third-order valence-electron chi connectivity index (χ3n) is 2.69. The van der Waals surface area contributed by atoms with Crippen molar-refractivity contribution in [3.8, 4) is 0 Å². The van der Waals surface area contributed by atoms with Crippen LogP contribution in [0.4, 0.5) is 11.9 Å². The monoisotopic (exact) mass is 191 g/mol. The van der Waals surface area contributed by atoms with E-state index in [0.29, 0.717) is 18.0 Å². The molecule has 74 valence electrons. The molecule has 2 saturated carbocycles.